The fraction of sp³-hybridized carbons (Fsp3) is 0.0769. The molecule has 7 aromatic carbocycles. The van der Waals surface area contributed by atoms with Gasteiger partial charge in [0.15, 0.2) is 0 Å². The molecule has 258 valence electrons. The third-order valence-corrected chi connectivity index (χ3v) is 11.4. The number of anilines is 4. The number of allylic oxidation sites excluding steroid dienone is 4. The van der Waals surface area contributed by atoms with Gasteiger partial charge in [0.25, 0.3) is 0 Å². The fourth-order valence-electron chi connectivity index (χ4n) is 8.84. The quantitative estimate of drug-likeness (QED) is 0.164. The van der Waals surface area contributed by atoms with Crippen LogP contribution in [0, 0.1) is 11.8 Å². The van der Waals surface area contributed by atoms with Crippen LogP contribution in [0.3, 0.4) is 0 Å². The molecule has 54 heavy (non-hydrogen) atoms. The normalized spacial score (nSPS) is 19.9. The smallest absolute Gasteiger partial charge is 0.0552 e. The first-order valence-corrected chi connectivity index (χ1v) is 19.0. The van der Waals surface area contributed by atoms with Crippen molar-refractivity contribution in [2.24, 2.45) is 11.8 Å². The predicted octanol–water partition coefficient (Wildman–Crippen LogP) is 13.1. The first-order valence-electron chi connectivity index (χ1n) is 19.0. The average molecular weight is 693 g/mol. The zero-order chi connectivity index (χ0) is 35.8. The number of benzene rings is 7. The van der Waals surface area contributed by atoms with Gasteiger partial charge in [0.1, 0.15) is 0 Å². The van der Waals surface area contributed by atoms with Gasteiger partial charge in [0.05, 0.1) is 17.8 Å². The van der Waals surface area contributed by atoms with Crippen LogP contribution in [0.4, 0.5) is 22.7 Å². The SMILES string of the molecule is C1=CC2C(C=C1c1ccccc1)C1C=C(c3ccccc3)C=CC1N2c1ccc(-c2ccc(N(c3ccccc3)c3cccc4ccccc34)cc2)cc1. The maximum absolute atomic E-state index is 2.65. The number of fused-ring (bicyclic) bond motifs is 4. The van der Waals surface area contributed by atoms with Crippen LogP contribution in [0.15, 0.2) is 218 Å². The zero-order valence-corrected chi connectivity index (χ0v) is 30.0. The topological polar surface area (TPSA) is 6.48 Å². The molecular formula is C52H40N2. The van der Waals surface area contributed by atoms with E-state index in [2.05, 4.69) is 228 Å². The summed E-state index contributed by atoms with van der Waals surface area (Å²) in [5.41, 5.74) is 12.3. The molecule has 1 aliphatic heterocycles. The standard InChI is InChI=1S/C52H40N2/c1-4-13-37(14-5-1)42-27-33-51-48(35-42)49-36-43(38-15-6-2-7-16-38)28-34-52(49)54(51)46-31-25-40(26-32-46)39-23-29-45(30-24-39)53(44-19-8-3-9-20-44)50-22-12-18-41-17-10-11-21-47(41)50/h1-36,48-49,51-52H. The lowest BCUT2D eigenvalue weighted by Crippen LogP contribution is -2.36. The van der Waals surface area contributed by atoms with Gasteiger partial charge >= 0.3 is 0 Å². The van der Waals surface area contributed by atoms with Crippen LogP contribution in [0.1, 0.15) is 11.1 Å². The van der Waals surface area contributed by atoms with Crippen LogP contribution >= 0.6 is 0 Å². The summed E-state index contributed by atoms with van der Waals surface area (Å²) in [5.74, 6) is 0.723. The van der Waals surface area contributed by atoms with Crippen molar-refractivity contribution in [1.82, 2.24) is 0 Å². The Hall–Kier alpha value is -6.64. The Morgan fingerprint density at radius 2 is 0.870 bits per heavy atom. The predicted molar refractivity (Wildman–Crippen MR) is 228 cm³/mol. The fourth-order valence-corrected chi connectivity index (χ4v) is 8.84. The Morgan fingerprint density at radius 3 is 1.46 bits per heavy atom. The lowest BCUT2D eigenvalue weighted by molar-refractivity contribution is 0.530. The third kappa shape index (κ3) is 5.77. The van der Waals surface area contributed by atoms with E-state index in [0.717, 1.165) is 11.4 Å². The van der Waals surface area contributed by atoms with Crippen molar-refractivity contribution in [1.29, 1.82) is 0 Å². The number of para-hydroxylation sites is 1. The van der Waals surface area contributed by atoms with Crippen molar-refractivity contribution >= 4 is 44.7 Å². The highest BCUT2D eigenvalue weighted by molar-refractivity contribution is 5.99. The Balaban J connectivity index is 0.968. The van der Waals surface area contributed by atoms with Crippen LogP contribution in [-0.2, 0) is 0 Å². The van der Waals surface area contributed by atoms with E-state index in [9.17, 15) is 0 Å². The molecule has 4 atom stereocenters. The molecule has 1 saturated heterocycles. The lowest BCUT2D eigenvalue weighted by atomic mass is 9.78. The summed E-state index contributed by atoms with van der Waals surface area (Å²) < 4.78 is 0. The molecule has 2 aliphatic carbocycles. The van der Waals surface area contributed by atoms with Crippen molar-refractivity contribution in [2.45, 2.75) is 12.1 Å². The third-order valence-electron chi connectivity index (χ3n) is 11.4. The second-order valence-electron chi connectivity index (χ2n) is 14.5. The van der Waals surface area contributed by atoms with E-state index in [1.807, 2.05) is 0 Å². The van der Waals surface area contributed by atoms with E-state index in [4.69, 9.17) is 0 Å². The summed E-state index contributed by atoms with van der Waals surface area (Å²) in [6, 6.07) is 66.2. The average Bonchev–Trinajstić information content (AvgIpc) is 3.58. The van der Waals surface area contributed by atoms with E-state index in [1.54, 1.807) is 0 Å². The van der Waals surface area contributed by atoms with Crippen molar-refractivity contribution in [3.05, 3.63) is 230 Å². The van der Waals surface area contributed by atoms with Crippen molar-refractivity contribution in [3.63, 3.8) is 0 Å². The van der Waals surface area contributed by atoms with Crippen molar-refractivity contribution < 1.29 is 0 Å². The van der Waals surface area contributed by atoms with Gasteiger partial charge in [-0.3, -0.25) is 0 Å². The molecule has 4 unspecified atom stereocenters. The van der Waals surface area contributed by atoms with Crippen LogP contribution < -0.4 is 9.80 Å². The monoisotopic (exact) mass is 692 g/mol. The highest BCUT2D eigenvalue weighted by atomic mass is 15.2. The van der Waals surface area contributed by atoms with Gasteiger partial charge in [-0.05, 0) is 81.3 Å². The summed E-state index contributed by atoms with van der Waals surface area (Å²) in [7, 11) is 0. The van der Waals surface area contributed by atoms with E-state index in [-0.39, 0.29) is 12.1 Å². The molecule has 2 nitrogen and oxygen atoms in total. The summed E-state index contributed by atoms with van der Waals surface area (Å²) in [4.78, 5) is 5.01. The molecular weight excluding hydrogens is 653 g/mol. The largest absolute Gasteiger partial charge is 0.357 e. The minimum atomic E-state index is 0.270. The van der Waals surface area contributed by atoms with Gasteiger partial charge in [-0.25, -0.2) is 0 Å². The molecule has 0 N–H and O–H groups in total. The molecule has 3 aliphatic rings. The van der Waals surface area contributed by atoms with Gasteiger partial charge in [0.2, 0.25) is 0 Å². The highest BCUT2D eigenvalue weighted by Gasteiger charge is 2.47. The first-order chi connectivity index (χ1) is 26.8. The van der Waals surface area contributed by atoms with Gasteiger partial charge < -0.3 is 9.80 Å². The second-order valence-corrected chi connectivity index (χ2v) is 14.5. The summed E-state index contributed by atoms with van der Waals surface area (Å²) >= 11 is 0. The maximum atomic E-state index is 2.65. The van der Waals surface area contributed by atoms with Gasteiger partial charge in [-0.2, -0.15) is 0 Å². The molecule has 2 heteroatoms. The summed E-state index contributed by atoms with van der Waals surface area (Å²) in [6.07, 6.45) is 14.6. The highest BCUT2D eigenvalue weighted by Crippen LogP contribution is 2.48. The van der Waals surface area contributed by atoms with Gasteiger partial charge in [-0.15, -0.1) is 0 Å². The van der Waals surface area contributed by atoms with E-state index < -0.39 is 0 Å². The van der Waals surface area contributed by atoms with E-state index in [1.165, 1.54) is 55.5 Å². The maximum Gasteiger partial charge on any atom is 0.0552 e. The first kappa shape index (κ1) is 32.0. The number of nitrogens with zero attached hydrogens (tertiary/aromatic N) is 2. The molecule has 0 spiro atoms. The molecule has 0 amide bonds. The summed E-state index contributed by atoms with van der Waals surface area (Å²) in [5, 5.41) is 2.46. The molecule has 1 fully saturated rings. The molecule has 10 rings (SSSR count). The molecule has 7 aromatic rings. The van der Waals surface area contributed by atoms with E-state index >= 15 is 0 Å². The second kappa shape index (κ2) is 13.7. The Labute approximate surface area is 318 Å². The van der Waals surface area contributed by atoms with Crippen molar-refractivity contribution in [2.75, 3.05) is 9.80 Å². The summed E-state index contributed by atoms with van der Waals surface area (Å²) in [6.45, 7) is 0. The van der Waals surface area contributed by atoms with Crippen LogP contribution in [0.2, 0.25) is 0 Å². The number of hydrogen-bond acceptors (Lipinski definition) is 2. The Morgan fingerprint density at radius 1 is 0.389 bits per heavy atom. The van der Waals surface area contributed by atoms with Crippen LogP contribution in [0.25, 0.3) is 33.0 Å². The number of rotatable bonds is 7. The molecule has 0 radical (unpaired) electrons. The number of hydrogen-bond donors (Lipinski definition) is 0. The van der Waals surface area contributed by atoms with Crippen molar-refractivity contribution in [3.8, 4) is 11.1 Å². The van der Waals surface area contributed by atoms with Gasteiger partial charge in [0, 0.05) is 34.3 Å². The van der Waals surface area contributed by atoms with Crippen LogP contribution in [0.5, 0.6) is 0 Å². The molecule has 1 heterocycles. The minimum Gasteiger partial charge on any atom is -0.357 e. The zero-order valence-electron chi connectivity index (χ0n) is 30.0. The lowest BCUT2D eigenvalue weighted by Gasteiger charge is -2.32. The minimum absolute atomic E-state index is 0.270. The molecule has 0 aromatic heterocycles. The van der Waals surface area contributed by atoms with E-state index in [0.29, 0.717) is 11.8 Å². The molecule has 0 saturated carbocycles. The van der Waals surface area contributed by atoms with Crippen LogP contribution in [-0.4, -0.2) is 12.1 Å². The Kier molecular flexibility index (Phi) is 8.15. The molecule has 0 bridgehead atoms. The Bertz CT molecular complexity index is 2460. The van der Waals surface area contributed by atoms with Gasteiger partial charge in [-0.1, -0.05) is 176 Å².